The molecular formula is C20H29FGeN+. The van der Waals surface area contributed by atoms with Crippen molar-refractivity contribution in [1.82, 2.24) is 0 Å². The van der Waals surface area contributed by atoms with Crippen molar-refractivity contribution >= 4 is 17.7 Å². The SMILES string of the molecule is [2H]C([2H])([2H])c1cc(C)c(-c2cc(C([2H])(C)C)[c]([Ge]([CH3])([CH3])[CH3])c[n+]2C)c(F)c1. The molecule has 0 aliphatic carbocycles. The zero-order valence-corrected chi connectivity index (χ0v) is 17.2. The predicted octanol–water partition coefficient (Wildman–Crippen LogP) is 4.60. The molecule has 1 heterocycles. The standard InChI is InChI=1S/C20H29FGeN/c1-13(2)16-11-19(23(8)12-18(16)22(5,6)7)20-15(4)9-14(3)10-17(20)21/h9-13H,1-8H3/q+1/i3D3,13D. The Morgan fingerprint density at radius 3 is 2.35 bits per heavy atom. The van der Waals surface area contributed by atoms with Crippen molar-refractivity contribution in [1.29, 1.82) is 0 Å². The van der Waals surface area contributed by atoms with Crippen LogP contribution in [0, 0.1) is 19.6 Å². The fourth-order valence-electron chi connectivity index (χ4n) is 2.98. The van der Waals surface area contributed by atoms with E-state index in [1.54, 1.807) is 6.92 Å². The number of hydrogen-bond acceptors (Lipinski definition) is 0. The van der Waals surface area contributed by atoms with E-state index in [0.717, 1.165) is 11.6 Å². The quantitative estimate of drug-likeness (QED) is 0.542. The van der Waals surface area contributed by atoms with Crippen LogP contribution in [-0.4, -0.2) is 13.3 Å². The summed E-state index contributed by atoms with van der Waals surface area (Å²) in [6.07, 6.45) is 2.04. The number of nitrogens with zero attached hydrogens (tertiary/aromatic N) is 1. The Bertz CT molecular complexity index is 854. The van der Waals surface area contributed by atoms with E-state index in [1.165, 1.54) is 10.5 Å². The summed E-state index contributed by atoms with van der Waals surface area (Å²) >= 11 is -2.26. The van der Waals surface area contributed by atoms with Gasteiger partial charge in [-0.3, -0.25) is 0 Å². The molecule has 0 saturated carbocycles. The normalized spacial score (nSPS) is 15.7. The second kappa shape index (κ2) is 6.39. The topological polar surface area (TPSA) is 3.88 Å². The molecule has 0 saturated heterocycles. The molecule has 0 fully saturated rings. The summed E-state index contributed by atoms with van der Waals surface area (Å²) in [5, 5.41) is 0. The summed E-state index contributed by atoms with van der Waals surface area (Å²) in [4.78, 5) is 0. The van der Waals surface area contributed by atoms with Crippen molar-refractivity contribution in [3.8, 4) is 11.3 Å². The molecule has 0 aliphatic rings. The molecular weight excluding hydrogens is 346 g/mol. The van der Waals surface area contributed by atoms with Gasteiger partial charge in [0.15, 0.2) is 0 Å². The molecule has 1 aromatic heterocycles. The summed E-state index contributed by atoms with van der Waals surface area (Å²) in [6, 6.07) is 4.56. The average Bonchev–Trinajstić information content (AvgIpc) is 2.44. The van der Waals surface area contributed by atoms with E-state index in [2.05, 4.69) is 17.3 Å². The van der Waals surface area contributed by atoms with E-state index in [9.17, 15) is 4.39 Å². The zero-order chi connectivity index (χ0) is 20.9. The molecule has 124 valence electrons. The molecule has 0 spiro atoms. The fourth-order valence-corrected chi connectivity index (χ4v) is 6.57. The van der Waals surface area contributed by atoms with Gasteiger partial charge in [-0.1, -0.05) is 0 Å². The summed E-state index contributed by atoms with van der Waals surface area (Å²) in [7, 11) is 1.88. The van der Waals surface area contributed by atoms with Gasteiger partial charge < -0.3 is 0 Å². The van der Waals surface area contributed by atoms with Gasteiger partial charge in [-0.25, -0.2) is 0 Å². The second-order valence-corrected chi connectivity index (χ2v) is 18.1. The molecule has 23 heavy (non-hydrogen) atoms. The Morgan fingerprint density at radius 2 is 1.87 bits per heavy atom. The van der Waals surface area contributed by atoms with Gasteiger partial charge in [-0.05, 0) is 0 Å². The van der Waals surface area contributed by atoms with Crippen LogP contribution in [0.5, 0.6) is 0 Å². The number of halogens is 1. The van der Waals surface area contributed by atoms with Gasteiger partial charge in [0.1, 0.15) is 0 Å². The maximum atomic E-state index is 15.0. The van der Waals surface area contributed by atoms with Crippen molar-refractivity contribution in [3.05, 3.63) is 46.9 Å². The monoisotopic (exact) mass is 380 g/mol. The third-order valence-corrected chi connectivity index (χ3v) is 8.39. The first kappa shape index (κ1) is 13.2. The Hall–Kier alpha value is -1.16. The van der Waals surface area contributed by atoms with Gasteiger partial charge in [0, 0.05) is 0 Å². The van der Waals surface area contributed by atoms with Crippen molar-refractivity contribution in [3.63, 3.8) is 0 Å². The molecule has 1 aromatic carbocycles. The van der Waals surface area contributed by atoms with Crippen LogP contribution in [-0.2, 0) is 7.05 Å². The Balaban J connectivity index is 2.81. The van der Waals surface area contributed by atoms with Crippen LogP contribution >= 0.6 is 0 Å². The number of aryl methyl sites for hydroxylation is 3. The molecule has 0 unspecified atom stereocenters. The van der Waals surface area contributed by atoms with Gasteiger partial charge in [0.05, 0.1) is 0 Å². The Kier molecular flexibility index (Phi) is 3.66. The number of aromatic nitrogens is 1. The summed E-state index contributed by atoms with van der Waals surface area (Å²) in [6.45, 7) is 3.09. The van der Waals surface area contributed by atoms with Crippen LogP contribution in [0.15, 0.2) is 24.4 Å². The van der Waals surface area contributed by atoms with Crippen LogP contribution in [0.25, 0.3) is 11.3 Å². The van der Waals surface area contributed by atoms with Gasteiger partial charge in [0.2, 0.25) is 0 Å². The summed E-state index contributed by atoms with van der Waals surface area (Å²) in [5.74, 6) is 5.49. The Morgan fingerprint density at radius 1 is 1.22 bits per heavy atom. The van der Waals surface area contributed by atoms with Crippen LogP contribution in [0.2, 0.25) is 17.3 Å². The van der Waals surface area contributed by atoms with Gasteiger partial charge >= 0.3 is 148 Å². The predicted molar refractivity (Wildman–Crippen MR) is 99.6 cm³/mol. The molecule has 3 heteroatoms. The summed E-state index contributed by atoms with van der Waals surface area (Å²) < 4.78 is 49.3. The van der Waals surface area contributed by atoms with Gasteiger partial charge in [-0.15, -0.1) is 0 Å². The minimum absolute atomic E-state index is 0.00580. The first-order valence-corrected chi connectivity index (χ1v) is 15.2. The van der Waals surface area contributed by atoms with E-state index in [4.69, 9.17) is 5.48 Å². The molecule has 1 nitrogen and oxygen atoms in total. The Labute approximate surface area is 148 Å². The van der Waals surface area contributed by atoms with Crippen LogP contribution in [0.3, 0.4) is 0 Å². The third kappa shape index (κ3) is 3.68. The first-order chi connectivity index (χ1) is 12.0. The molecule has 0 bridgehead atoms. The number of benzene rings is 1. The minimum atomic E-state index is -2.34. The molecule has 0 radical (unpaired) electrons. The molecule has 2 aromatic rings. The van der Waals surface area contributed by atoms with E-state index < -0.39 is 31.8 Å². The fraction of sp³-hybridized carbons (Fsp3) is 0.450. The average molecular weight is 379 g/mol. The van der Waals surface area contributed by atoms with Gasteiger partial charge in [0.25, 0.3) is 0 Å². The van der Waals surface area contributed by atoms with Crippen molar-refractivity contribution in [2.75, 3.05) is 0 Å². The van der Waals surface area contributed by atoms with Crippen molar-refractivity contribution in [2.45, 2.75) is 50.8 Å². The molecule has 0 amide bonds. The first-order valence-electron chi connectivity index (χ1n) is 9.89. The second-order valence-electron chi connectivity index (χ2n) is 7.50. The van der Waals surface area contributed by atoms with E-state index in [-0.39, 0.29) is 5.56 Å². The van der Waals surface area contributed by atoms with Crippen molar-refractivity contribution < 1.29 is 14.4 Å². The molecule has 2 rings (SSSR count). The van der Waals surface area contributed by atoms with Crippen LogP contribution < -0.4 is 8.96 Å². The van der Waals surface area contributed by atoms with Crippen LogP contribution in [0.4, 0.5) is 4.39 Å². The molecule has 0 atom stereocenters. The van der Waals surface area contributed by atoms with Gasteiger partial charge in [-0.2, -0.15) is 0 Å². The zero-order valence-electron chi connectivity index (χ0n) is 19.1. The van der Waals surface area contributed by atoms with E-state index in [0.29, 0.717) is 16.8 Å². The van der Waals surface area contributed by atoms with E-state index >= 15 is 0 Å². The molecule has 0 N–H and O–H groups in total. The third-order valence-electron chi connectivity index (χ3n) is 4.16. The number of rotatable bonds is 3. The maximum absolute atomic E-state index is 15.0. The number of hydrogen-bond donors (Lipinski definition) is 0. The molecule has 0 aliphatic heterocycles. The van der Waals surface area contributed by atoms with E-state index in [1.807, 2.05) is 37.7 Å². The number of pyridine rings is 1. The van der Waals surface area contributed by atoms with Crippen LogP contribution in [0.1, 0.15) is 41.9 Å². The summed E-state index contributed by atoms with van der Waals surface area (Å²) in [5.41, 5.74) is 2.56. The van der Waals surface area contributed by atoms with Crippen molar-refractivity contribution in [2.24, 2.45) is 7.05 Å².